The van der Waals surface area contributed by atoms with Gasteiger partial charge < -0.3 is 4.84 Å². The minimum Gasteiger partial charge on any atom is -0.395 e. The number of hydrogen-bond donors (Lipinski definition) is 0. The van der Waals surface area contributed by atoms with E-state index in [1.165, 1.54) is 29.9 Å². The van der Waals surface area contributed by atoms with Crippen molar-refractivity contribution in [2.75, 3.05) is 6.61 Å². The normalized spacial score (nSPS) is 30.7. The molecule has 0 spiro atoms. The van der Waals surface area contributed by atoms with Crippen molar-refractivity contribution >= 4 is 17.0 Å². The first-order chi connectivity index (χ1) is 6.95. The van der Waals surface area contributed by atoms with Gasteiger partial charge >= 0.3 is 0 Å². The molecule has 14 heavy (non-hydrogen) atoms. The number of hydrogen-bond acceptors (Lipinski definition) is 3. The van der Waals surface area contributed by atoms with Crippen LogP contribution in [-0.2, 0) is 4.84 Å². The van der Waals surface area contributed by atoms with Crippen molar-refractivity contribution in [1.29, 1.82) is 0 Å². The van der Waals surface area contributed by atoms with Crippen LogP contribution in [0.3, 0.4) is 0 Å². The second-order valence-corrected chi connectivity index (χ2v) is 4.99. The molecule has 0 bridgehead atoms. The monoisotopic (exact) mass is 207 g/mol. The molecule has 1 aliphatic carbocycles. The molecule has 2 nitrogen and oxygen atoms in total. The third-order valence-corrected chi connectivity index (χ3v) is 4.14. The molecule has 0 N–H and O–H groups in total. The fraction of sp³-hybridized carbons (Fsp3) is 0.545. The first-order valence-corrected chi connectivity index (χ1v) is 6.06. The molecule has 0 unspecified atom stereocenters. The maximum absolute atomic E-state index is 5.21. The molecule has 2 heterocycles. The molecule has 1 fully saturated rings. The highest BCUT2D eigenvalue weighted by molar-refractivity contribution is 7.10. The highest BCUT2D eigenvalue weighted by Gasteiger charge is 2.34. The number of thiophene rings is 1. The number of nitrogens with zero attached hydrogens (tertiary/aromatic N) is 1. The van der Waals surface area contributed by atoms with Gasteiger partial charge in [-0.3, -0.25) is 0 Å². The van der Waals surface area contributed by atoms with Crippen LogP contribution in [0, 0.1) is 5.92 Å². The number of rotatable bonds is 1. The lowest BCUT2D eigenvalue weighted by Crippen LogP contribution is -2.25. The molecule has 0 saturated heterocycles. The Hall–Kier alpha value is -0.830. The minimum atomic E-state index is 0.552. The van der Waals surface area contributed by atoms with E-state index < -0.39 is 0 Å². The first kappa shape index (κ1) is 8.48. The molecule has 1 aromatic heterocycles. The van der Waals surface area contributed by atoms with Gasteiger partial charge in [-0.2, -0.15) is 0 Å². The fourth-order valence-corrected chi connectivity index (χ4v) is 3.31. The Morgan fingerprint density at radius 2 is 2.43 bits per heavy atom. The second-order valence-electron chi connectivity index (χ2n) is 4.01. The zero-order valence-corrected chi connectivity index (χ0v) is 8.80. The van der Waals surface area contributed by atoms with Crippen molar-refractivity contribution < 1.29 is 4.84 Å². The van der Waals surface area contributed by atoms with E-state index >= 15 is 0 Å². The molecular formula is C11H13NOS. The van der Waals surface area contributed by atoms with Crippen LogP contribution >= 0.6 is 11.3 Å². The quantitative estimate of drug-likeness (QED) is 0.693. The van der Waals surface area contributed by atoms with E-state index in [1.807, 2.05) is 11.3 Å². The van der Waals surface area contributed by atoms with E-state index in [0.29, 0.717) is 11.8 Å². The molecule has 0 amide bonds. The summed E-state index contributed by atoms with van der Waals surface area (Å²) in [4.78, 5) is 6.67. The molecule has 1 saturated carbocycles. The van der Waals surface area contributed by atoms with Crippen LogP contribution in [0.2, 0.25) is 0 Å². The van der Waals surface area contributed by atoms with Gasteiger partial charge in [0.15, 0.2) is 0 Å². The molecule has 3 rings (SSSR count). The molecule has 3 heteroatoms. The smallest absolute Gasteiger partial charge is 0.125 e. The molecular weight excluding hydrogens is 194 g/mol. The van der Waals surface area contributed by atoms with Crippen LogP contribution < -0.4 is 0 Å². The first-order valence-electron chi connectivity index (χ1n) is 5.18. The van der Waals surface area contributed by atoms with E-state index in [-0.39, 0.29) is 0 Å². The highest BCUT2D eigenvalue weighted by atomic mass is 32.1. The molecule has 74 valence electrons. The average molecular weight is 207 g/mol. The Morgan fingerprint density at radius 3 is 3.29 bits per heavy atom. The summed E-state index contributed by atoms with van der Waals surface area (Å²) in [5, 5.41) is 6.37. The molecule has 0 radical (unpaired) electrons. The Morgan fingerprint density at radius 1 is 1.43 bits per heavy atom. The highest BCUT2D eigenvalue weighted by Crippen LogP contribution is 2.38. The van der Waals surface area contributed by atoms with Gasteiger partial charge in [0.2, 0.25) is 0 Å². The Balaban J connectivity index is 1.92. The lowest BCUT2D eigenvalue weighted by atomic mass is 9.79. The summed E-state index contributed by atoms with van der Waals surface area (Å²) in [7, 11) is 0. The third kappa shape index (κ3) is 1.27. The van der Waals surface area contributed by atoms with E-state index in [2.05, 4.69) is 22.7 Å². The summed E-state index contributed by atoms with van der Waals surface area (Å²) < 4.78 is 0. The Kier molecular flexibility index (Phi) is 2.05. The van der Waals surface area contributed by atoms with E-state index in [4.69, 9.17) is 4.84 Å². The topological polar surface area (TPSA) is 21.6 Å². The fourth-order valence-electron chi connectivity index (χ4n) is 2.43. The average Bonchev–Trinajstić information content (AvgIpc) is 2.88. The lowest BCUT2D eigenvalue weighted by molar-refractivity contribution is 0.152. The molecule has 2 aliphatic rings. The van der Waals surface area contributed by atoms with Gasteiger partial charge in [-0.25, -0.2) is 0 Å². The van der Waals surface area contributed by atoms with Gasteiger partial charge in [0.25, 0.3) is 0 Å². The van der Waals surface area contributed by atoms with E-state index in [0.717, 1.165) is 6.61 Å². The molecule has 1 aromatic rings. The molecule has 0 aromatic carbocycles. The van der Waals surface area contributed by atoms with Gasteiger partial charge in [-0.15, -0.1) is 11.3 Å². The Bertz CT molecular complexity index is 344. The van der Waals surface area contributed by atoms with Gasteiger partial charge in [-0.1, -0.05) is 17.6 Å². The summed E-state index contributed by atoms with van der Waals surface area (Å²) in [5.74, 6) is 1.16. The zero-order chi connectivity index (χ0) is 9.38. The molecule has 2 atom stereocenters. The van der Waals surface area contributed by atoms with Crippen molar-refractivity contribution in [1.82, 2.24) is 0 Å². The minimum absolute atomic E-state index is 0.552. The molecule has 1 aliphatic heterocycles. The summed E-state index contributed by atoms with van der Waals surface area (Å²) in [6.07, 6.45) is 3.83. The number of oxime groups is 1. The maximum Gasteiger partial charge on any atom is 0.125 e. The van der Waals surface area contributed by atoms with Crippen LogP contribution in [-0.4, -0.2) is 12.3 Å². The maximum atomic E-state index is 5.21. The van der Waals surface area contributed by atoms with Crippen molar-refractivity contribution in [2.24, 2.45) is 11.1 Å². The predicted octanol–water partition coefficient (Wildman–Crippen LogP) is 3.02. The van der Waals surface area contributed by atoms with Crippen molar-refractivity contribution in [3.8, 4) is 0 Å². The summed E-state index contributed by atoms with van der Waals surface area (Å²) in [5.41, 5.74) is 1.30. The van der Waals surface area contributed by atoms with Gasteiger partial charge in [-0.05, 0) is 24.3 Å². The van der Waals surface area contributed by atoms with Crippen molar-refractivity contribution in [3.05, 3.63) is 22.4 Å². The van der Waals surface area contributed by atoms with Gasteiger partial charge in [0.1, 0.15) is 6.61 Å². The third-order valence-electron chi connectivity index (χ3n) is 3.15. The van der Waals surface area contributed by atoms with E-state index in [1.54, 1.807) is 0 Å². The second kappa shape index (κ2) is 3.39. The largest absolute Gasteiger partial charge is 0.395 e. The van der Waals surface area contributed by atoms with Crippen LogP contribution in [0.1, 0.15) is 30.1 Å². The number of fused-ring (bicyclic) bond motifs is 1. The van der Waals surface area contributed by atoms with Crippen LogP contribution in [0.5, 0.6) is 0 Å². The van der Waals surface area contributed by atoms with Gasteiger partial charge in [0.05, 0.1) is 5.71 Å². The summed E-state index contributed by atoms with van der Waals surface area (Å²) >= 11 is 1.84. The van der Waals surface area contributed by atoms with Crippen molar-refractivity contribution in [2.45, 2.75) is 25.2 Å². The van der Waals surface area contributed by atoms with Crippen LogP contribution in [0.4, 0.5) is 0 Å². The van der Waals surface area contributed by atoms with Crippen molar-refractivity contribution in [3.63, 3.8) is 0 Å². The standard InChI is InChI=1S/C11H13NOS/c1-3-8-7-13-12-11(8)9(4-1)10-5-2-6-14-10/h2,5-6,8-9H,1,3-4,7H2/t8-,9-/m0/s1. The SMILES string of the molecule is c1csc([C@@H]2CCC[C@H]3CON=C32)c1. The Labute approximate surface area is 87.6 Å². The van der Waals surface area contributed by atoms with E-state index in [9.17, 15) is 0 Å². The van der Waals surface area contributed by atoms with Gasteiger partial charge in [0, 0.05) is 16.7 Å². The van der Waals surface area contributed by atoms with Crippen LogP contribution in [0.15, 0.2) is 22.7 Å². The zero-order valence-electron chi connectivity index (χ0n) is 7.98. The lowest BCUT2D eigenvalue weighted by Gasteiger charge is -2.24. The summed E-state index contributed by atoms with van der Waals surface area (Å²) in [6.45, 7) is 0.817. The van der Waals surface area contributed by atoms with Crippen LogP contribution in [0.25, 0.3) is 0 Å². The predicted molar refractivity (Wildman–Crippen MR) is 57.8 cm³/mol. The summed E-state index contributed by atoms with van der Waals surface area (Å²) in [6, 6.07) is 4.35.